The van der Waals surface area contributed by atoms with Crippen LogP contribution in [0.15, 0.2) is 42.5 Å². The third kappa shape index (κ3) is 6.63. The summed E-state index contributed by atoms with van der Waals surface area (Å²) >= 11 is 0. The summed E-state index contributed by atoms with van der Waals surface area (Å²) in [5, 5.41) is 8.69. The third-order valence-corrected chi connectivity index (χ3v) is 6.47. The number of carbonyl (C=O) groups excluding carboxylic acids is 3. The number of methoxy groups -OCH3 is 4. The minimum atomic E-state index is -1.10. The highest BCUT2D eigenvalue weighted by molar-refractivity contribution is 6.11. The average Bonchev–Trinajstić information content (AvgIpc) is 3.05. The van der Waals surface area contributed by atoms with E-state index in [1.165, 1.54) is 28.4 Å². The number of benzene rings is 3. The van der Waals surface area contributed by atoms with Crippen LogP contribution in [0.25, 0.3) is 0 Å². The molecule has 2 amide bonds. The number of aryl methyl sites for hydroxylation is 2. The molecule has 4 rings (SSSR count). The summed E-state index contributed by atoms with van der Waals surface area (Å²) in [6.45, 7) is 4.24. The molecular weight excluding hydrogens is 530 g/mol. The summed E-state index contributed by atoms with van der Waals surface area (Å²) in [4.78, 5) is 37.9. The second-order valence-electron chi connectivity index (χ2n) is 9.50. The molecule has 41 heavy (non-hydrogen) atoms. The number of hydrogen-bond acceptors (Lipinski definition) is 9. The van der Waals surface area contributed by atoms with Crippen molar-refractivity contribution in [1.82, 2.24) is 5.32 Å². The van der Waals surface area contributed by atoms with Crippen LogP contribution in [0.4, 0.5) is 11.4 Å². The molecule has 11 heteroatoms. The lowest BCUT2D eigenvalue weighted by Crippen LogP contribution is -2.42. The van der Waals surface area contributed by atoms with Gasteiger partial charge in [0.05, 0.1) is 51.8 Å². The van der Waals surface area contributed by atoms with Gasteiger partial charge in [-0.05, 0) is 66.9 Å². The van der Waals surface area contributed by atoms with Crippen LogP contribution in [0.5, 0.6) is 28.7 Å². The normalized spacial score (nSPS) is 14.1. The largest absolute Gasteiger partial charge is 0.493 e. The summed E-state index contributed by atoms with van der Waals surface area (Å²) in [5.74, 6) is 0.711. The number of hydrogen-bond donors (Lipinski definition) is 3. The Morgan fingerprint density at radius 1 is 0.854 bits per heavy atom. The van der Waals surface area contributed by atoms with Gasteiger partial charge in [0.2, 0.25) is 11.7 Å². The van der Waals surface area contributed by atoms with E-state index in [0.29, 0.717) is 41.0 Å². The predicted molar refractivity (Wildman–Crippen MR) is 152 cm³/mol. The highest BCUT2D eigenvalue weighted by Crippen LogP contribution is 2.40. The van der Waals surface area contributed by atoms with Gasteiger partial charge < -0.3 is 39.6 Å². The maximum atomic E-state index is 13.2. The molecule has 11 nitrogen and oxygen atoms in total. The van der Waals surface area contributed by atoms with E-state index in [1.807, 2.05) is 44.2 Å². The Kier molecular flexibility index (Phi) is 8.86. The Balaban J connectivity index is 1.73. The van der Waals surface area contributed by atoms with E-state index in [0.717, 1.165) is 16.7 Å². The number of carbonyl (C=O) groups is 3. The maximum Gasteiger partial charge on any atom is 0.308 e. The number of nitrogens with one attached hydrogen (secondary N) is 3. The quantitative estimate of drug-likeness (QED) is 0.308. The van der Waals surface area contributed by atoms with Crippen molar-refractivity contribution >= 4 is 29.2 Å². The van der Waals surface area contributed by atoms with Crippen LogP contribution in [-0.2, 0) is 20.9 Å². The summed E-state index contributed by atoms with van der Waals surface area (Å²) in [6.07, 6.45) is -0.305. The fourth-order valence-corrected chi connectivity index (χ4v) is 4.56. The van der Waals surface area contributed by atoms with Gasteiger partial charge in [0, 0.05) is 6.54 Å². The summed E-state index contributed by atoms with van der Waals surface area (Å²) in [7, 11) is 5.83. The van der Waals surface area contributed by atoms with Crippen LogP contribution >= 0.6 is 0 Å². The smallest absolute Gasteiger partial charge is 0.308 e. The first kappa shape index (κ1) is 29.1. The standard InChI is InChI=1S/C30H33N3O8/c1-16-7-17(2)9-19(8-16)41-24-12-20-21(32-30(36)23(33-29(20)35)14-27(34)39-5)13-22(24)31-15-18-10-25(37-3)28(40-6)26(11-18)38-4/h7-13,23,31H,14-15H2,1-6H3,(H,32,36)(H,33,35)/t23-/m0/s1. The molecule has 0 unspecified atom stereocenters. The van der Waals surface area contributed by atoms with E-state index in [-0.39, 0.29) is 17.7 Å². The van der Waals surface area contributed by atoms with E-state index in [9.17, 15) is 14.4 Å². The van der Waals surface area contributed by atoms with Gasteiger partial charge in [0.1, 0.15) is 11.8 Å². The monoisotopic (exact) mass is 563 g/mol. The van der Waals surface area contributed by atoms with Crippen LogP contribution in [-0.4, -0.2) is 52.3 Å². The molecule has 0 fully saturated rings. The molecule has 0 bridgehead atoms. The zero-order valence-electron chi connectivity index (χ0n) is 23.8. The van der Waals surface area contributed by atoms with Crippen molar-refractivity contribution in [3.63, 3.8) is 0 Å². The highest BCUT2D eigenvalue weighted by atomic mass is 16.5. The Hall–Kier alpha value is -4.93. The molecule has 3 aromatic rings. The Labute approximate surface area is 238 Å². The molecule has 0 saturated carbocycles. The lowest BCUT2D eigenvalue weighted by Gasteiger charge is -2.18. The molecule has 0 saturated heterocycles. The molecule has 1 atom stereocenters. The maximum absolute atomic E-state index is 13.2. The van der Waals surface area contributed by atoms with Crippen molar-refractivity contribution in [2.45, 2.75) is 32.9 Å². The molecule has 1 aliphatic rings. The van der Waals surface area contributed by atoms with Gasteiger partial charge in [-0.15, -0.1) is 0 Å². The van der Waals surface area contributed by atoms with Crippen LogP contribution in [0.2, 0.25) is 0 Å². The molecule has 1 heterocycles. The molecule has 0 aromatic heterocycles. The average molecular weight is 564 g/mol. The van der Waals surface area contributed by atoms with Gasteiger partial charge in [-0.25, -0.2) is 0 Å². The van der Waals surface area contributed by atoms with E-state index >= 15 is 0 Å². The predicted octanol–water partition coefficient (Wildman–Crippen LogP) is 4.35. The first-order valence-corrected chi connectivity index (χ1v) is 12.8. The van der Waals surface area contributed by atoms with E-state index in [2.05, 4.69) is 20.7 Å². The molecule has 0 spiro atoms. The third-order valence-electron chi connectivity index (χ3n) is 6.47. The number of anilines is 2. The zero-order valence-corrected chi connectivity index (χ0v) is 23.8. The lowest BCUT2D eigenvalue weighted by molar-refractivity contribution is -0.142. The van der Waals surface area contributed by atoms with Crippen LogP contribution in [0, 0.1) is 13.8 Å². The molecule has 3 N–H and O–H groups in total. The SMILES string of the molecule is COC(=O)C[C@@H]1NC(=O)c2cc(Oc3cc(C)cc(C)c3)c(NCc3cc(OC)c(OC)c(OC)c3)cc2NC1=O. The zero-order chi connectivity index (χ0) is 29.7. The Morgan fingerprint density at radius 3 is 2.10 bits per heavy atom. The Morgan fingerprint density at radius 2 is 1.51 bits per heavy atom. The van der Waals surface area contributed by atoms with Gasteiger partial charge in [0.25, 0.3) is 5.91 Å². The highest BCUT2D eigenvalue weighted by Gasteiger charge is 2.31. The molecule has 0 aliphatic carbocycles. The number of amides is 2. The van der Waals surface area contributed by atoms with Gasteiger partial charge in [0.15, 0.2) is 17.2 Å². The van der Waals surface area contributed by atoms with Gasteiger partial charge in [-0.1, -0.05) is 6.07 Å². The second kappa shape index (κ2) is 12.5. The van der Waals surface area contributed by atoms with Gasteiger partial charge in [-0.2, -0.15) is 0 Å². The first-order chi connectivity index (χ1) is 19.6. The minimum Gasteiger partial charge on any atom is -0.493 e. The topological polar surface area (TPSA) is 133 Å². The van der Waals surface area contributed by atoms with E-state index < -0.39 is 23.8 Å². The lowest BCUT2D eigenvalue weighted by atomic mass is 10.1. The Bertz CT molecular complexity index is 1440. The van der Waals surface area contributed by atoms with Crippen LogP contribution in [0.1, 0.15) is 33.5 Å². The van der Waals surface area contributed by atoms with Crippen LogP contribution in [0.3, 0.4) is 0 Å². The number of rotatable bonds is 10. The minimum absolute atomic E-state index is 0.184. The fourth-order valence-electron chi connectivity index (χ4n) is 4.56. The van der Waals surface area contributed by atoms with Gasteiger partial charge in [-0.3, -0.25) is 14.4 Å². The van der Waals surface area contributed by atoms with Crippen molar-refractivity contribution < 1.29 is 38.1 Å². The van der Waals surface area contributed by atoms with Gasteiger partial charge >= 0.3 is 5.97 Å². The molecule has 0 radical (unpaired) electrons. The fraction of sp³-hybridized carbons (Fsp3) is 0.300. The number of esters is 1. The van der Waals surface area contributed by atoms with Crippen molar-refractivity contribution in [2.75, 3.05) is 39.1 Å². The van der Waals surface area contributed by atoms with Crippen molar-refractivity contribution in [1.29, 1.82) is 0 Å². The first-order valence-electron chi connectivity index (χ1n) is 12.8. The summed E-state index contributed by atoms with van der Waals surface area (Å²) in [5.41, 5.74) is 3.79. The summed E-state index contributed by atoms with van der Waals surface area (Å²) in [6, 6.07) is 11.5. The van der Waals surface area contributed by atoms with Crippen molar-refractivity contribution in [3.05, 3.63) is 64.7 Å². The van der Waals surface area contributed by atoms with Crippen molar-refractivity contribution in [2.24, 2.45) is 0 Å². The van der Waals surface area contributed by atoms with E-state index in [4.69, 9.17) is 18.9 Å². The second-order valence-corrected chi connectivity index (χ2v) is 9.50. The van der Waals surface area contributed by atoms with Crippen LogP contribution < -0.4 is 34.9 Å². The summed E-state index contributed by atoms with van der Waals surface area (Å²) < 4.78 is 27.3. The van der Waals surface area contributed by atoms with E-state index in [1.54, 1.807) is 12.1 Å². The molecule has 216 valence electrons. The molecular formula is C30H33N3O8. The van der Waals surface area contributed by atoms with Crippen molar-refractivity contribution in [3.8, 4) is 28.7 Å². The molecule has 3 aromatic carbocycles. The molecule has 1 aliphatic heterocycles. The number of ether oxygens (including phenoxy) is 5. The number of fused-ring (bicyclic) bond motifs is 1.